The average Bonchev–Trinajstić information content (AvgIpc) is 2.36. The molecule has 0 fully saturated rings. The Hall–Kier alpha value is -1.27. The van der Waals surface area contributed by atoms with Crippen LogP contribution in [0.3, 0.4) is 0 Å². The zero-order chi connectivity index (χ0) is 13.5. The lowest BCUT2D eigenvalue weighted by Gasteiger charge is -2.06. The largest absolute Gasteiger partial charge is 0.507 e. The van der Waals surface area contributed by atoms with Crippen molar-refractivity contribution in [2.75, 3.05) is 19.5 Å². The Kier molecular flexibility index (Phi) is 5.94. The molecule has 98 valence electrons. The first-order valence-electron chi connectivity index (χ1n) is 5.28. The zero-order valence-electron chi connectivity index (χ0n) is 10.1. The van der Waals surface area contributed by atoms with Crippen molar-refractivity contribution < 1.29 is 19.4 Å². The third-order valence-corrected chi connectivity index (χ3v) is 3.32. The number of hydrogen-bond donors (Lipinski definition) is 1. The number of thiocarbonyl (C=S) groups is 1. The van der Waals surface area contributed by atoms with E-state index < -0.39 is 0 Å². The van der Waals surface area contributed by atoms with Gasteiger partial charge >= 0.3 is 0 Å². The predicted octanol–water partition coefficient (Wildman–Crippen LogP) is 2.64. The summed E-state index contributed by atoms with van der Waals surface area (Å²) in [5, 5.41) is 9.69. The molecule has 1 aromatic rings. The molecule has 4 nitrogen and oxygen atoms in total. The molecule has 1 rings (SSSR count). The molecule has 1 aromatic carbocycles. The Balaban J connectivity index is 2.64. The molecule has 6 heteroatoms. The number of thioether (sulfide) groups is 1. The number of phenols is 1. The van der Waals surface area contributed by atoms with E-state index >= 15 is 0 Å². The highest BCUT2D eigenvalue weighted by Crippen LogP contribution is 2.24. The highest BCUT2D eigenvalue weighted by molar-refractivity contribution is 8.23. The summed E-state index contributed by atoms with van der Waals surface area (Å²) in [7, 11) is 1.49. The molecule has 0 spiro atoms. The number of carbonyl (C=O) groups is 1. The molecule has 0 aliphatic carbocycles. The van der Waals surface area contributed by atoms with E-state index in [1.165, 1.54) is 19.2 Å². The second kappa shape index (κ2) is 7.23. The molecule has 0 aliphatic heterocycles. The van der Waals surface area contributed by atoms with Gasteiger partial charge < -0.3 is 14.6 Å². The Labute approximate surface area is 115 Å². The minimum absolute atomic E-state index is 0.0951. The molecule has 0 saturated carbocycles. The van der Waals surface area contributed by atoms with Crippen LogP contribution < -0.4 is 4.74 Å². The molecule has 1 N–H and O–H groups in total. The van der Waals surface area contributed by atoms with Gasteiger partial charge in [-0.2, -0.15) is 0 Å². The molecule has 0 heterocycles. The fourth-order valence-corrected chi connectivity index (χ4v) is 2.14. The van der Waals surface area contributed by atoms with Crippen LogP contribution in [0.4, 0.5) is 0 Å². The number of phenolic OH excluding ortho intramolecular Hbond substituents is 1. The first-order valence-corrected chi connectivity index (χ1v) is 6.67. The van der Waals surface area contributed by atoms with E-state index in [1.54, 1.807) is 6.07 Å². The van der Waals surface area contributed by atoms with Crippen LogP contribution in [0.5, 0.6) is 11.5 Å². The lowest BCUT2D eigenvalue weighted by molar-refractivity contribution is 0.102. The smallest absolute Gasteiger partial charge is 0.220 e. The van der Waals surface area contributed by atoms with Gasteiger partial charge in [-0.1, -0.05) is 11.8 Å². The average molecular weight is 286 g/mol. The quantitative estimate of drug-likeness (QED) is 0.663. The van der Waals surface area contributed by atoms with Gasteiger partial charge in [0.05, 0.1) is 25.0 Å². The van der Waals surface area contributed by atoms with Gasteiger partial charge in [0.15, 0.2) is 5.78 Å². The third kappa shape index (κ3) is 4.19. The van der Waals surface area contributed by atoms with Crippen molar-refractivity contribution in [2.24, 2.45) is 0 Å². The fourth-order valence-electron chi connectivity index (χ4n) is 1.24. The second-order valence-electron chi connectivity index (χ2n) is 3.28. The van der Waals surface area contributed by atoms with Crippen LogP contribution in [0, 0.1) is 0 Å². The number of ketones is 1. The summed E-state index contributed by atoms with van der Waals surface area (Å²) >= 11 is 6.04. The Morgan fingerprint density at radius 2 is 2.22 bits per heavy atom. The van der Waals surface area contributed by atoms with Crippen molar-refractivity contribution in [3.05, 3.63) is 23.8 Å². The number of benzene rings is 1. The van der Waals surface area contributed by atoms with Gasteiger partial charge in [-0.3, -0.25) is 4.79 Å². The number of hydrogen-bond acceptors (Lipinski definition) is 6. The summed E-state index contributed by atoms with van der Waals surface area (Å²) in [6.45, 7) is 2.30. The van der Waals surface area contributed by atoms with E-state index in [0.717, 1.165) is 11.8 Å². The van der Waals surface area contributed by atoms with Gasteiger partial charge in [0.1, 0.15) is 11.5 Å². The topological polar surface area (TPSA) is 55.8 Å². The van der Waals surface area contributed by atoms with Gasteiger partial charge in [0.25, 0.3) is 0 Å². The van der Waals surface area contributed by atoms with E-state index in [4.69, 9.17) is 21.7 Å². The lowest BCUT2D eigenvalue weighted by atomic mass is 10.1. The molecule has 0 aromatic heterocycles. The van der Waals surface area contributed by atoms with E-state index in [0.29, 0.717) is 16.7 Å². The summed E-state index contributed by atoms with van der Waals surface area (Å²) in [6, 6.07) is 4.55. The van der Waals surface area contributed by atoms with E-state index in [2.05, 4.69) is 0 Å². The van der Waals surface area contributed by atoms with Crippen LogP contribution in [0.25, 0.3) is 0 Å². The van der Waals surface area contributed by atoms with Crippen molar-refractivity contribution in [3.63, 3.8) is 0 Å². The summed E-state index contributed by atoms with van der Waals surface area (Å²) < 4.78 is 10.3. The molecule has 0 unspecified atom stereocenters. The molecular weight excluding hydrogens is 272 g/mol. The van der Waals surface area contributed by atoms with Crippen molar-refractivity contribution in [1.82, 2.24) is 0 Å². The first kappa shape index (κ1) is 14.8. The minimum atomic E-state index is -0.206. The van der Waals surface area contributed by atoms with E-state index in [1.807, 2.05) is 6.92 Å². The Bertz CT molecular complexity index is 446. The van der Waals surface area contributed by atoms with Crippen LogP contribution in [0.1, 0.15) is 17.3 Å². The number of carbonyl (C=O) groups excluding carboxylic acids is 1. The third-order valence-electron chi connectivity index (χ3n) is 2.09. The molecule has 0 radical (unpaired) electrons. The molecule has 0 aliphatic rings. The number of aromatic hydroxyl groups is 1. The summed E-state index contributed by atoms with van der Waals surface area (Å²) in [6.07, 6.45) is 0. The van der Waals surface area contributed by atoms with Gasteiger partial charge in [0, 0.05) is 6.07 Å². The fraction of sp³-hybridized carbons (Fsp3) is 0.333. The summed E-state index contributed by atoms with van der Waals surface area (Å²) in [4.78, 5) is 11.8. The maximum absolute atomic E-state index is 11.8. The number of Topliss-reactive ketones (excluding diaryl/α,β-unsaturated/α-hetero) is 1. The highest BCUT2D eigenvalue weighted by atomic mass is 32.2. The Morgan fingerprint density at radius 3 is 2.78 bits per heavy atom. The van der Waals surface area contributed by atoms with Crippen molar-refractivity contribution in [3.8, 4) is 11.5 Å². The van der Waals surface area contributed by atoms with Crippen molar-refractivity contribution in [1.29, 1.82) is 0 Å². The van der Waals surface area contributed by atoms with Crippen LogP contribution in [-0.2, 0) is 4.74 Å². The highest BCUT2D eigenvalue weighted by Gasteiger charge is 2.13. The van der Waals surface area contributed by atoms with Crippen LogP contribution in [-0.4, -0.2) is 34.7 Å². The number of methoxy groups -OCH3 is 1. The lowest BCUT2D eigenvalue weighted by Crippen LogP contribution is -2.06. The molecule has 0 amide bonds. The van der Waals surface area contributed by atoms with Crippen molar-refractivity contribution in [2.45, 2.75) is 6.92 Å². The normalized spacial score (nSPS) is 9.89. The SMILES string of the molecule is CCOC(=S)SCC(=O)c1ccc(OC)cc1O. The number of rotatable bonds is 5. The van der Waals surface area contributed by atoms with E-state index in [9.17, 15) is 9.90 Å². The molecule has 0 bridgehead atoms. The van der Waals surface area contributed by atoms with Gasteiger partial charge in [-0.15, -0.1) is 0 Å². The van der Waals surface area contributed by atoms with Crippen LogP contribution >= 0.6 is 24.0 Å². The number of ether oxygens (including phenoxy) is 2. The summed E-state index contributed by atoms with van der Waals surface area (Å²) in [5.74, 6) is 0.338. The van der Waals surface area contributed by atoms with Crippen LogP contribution in [0.15, 0.2) is 18.2 Å². The molecule has 0 atom stereocenters. The monoisotopic (exact) mass is 286 g/mol. The van der Waals surface area contributed by atoms with Gasteiger partial charge in [-0.05, 0) is 31.3 Å². The van der Waals surface area contributed by atoms with Gasteiger partial charge in [-0.25, -0.2) is 0 Å². The minimum Gasteiger partial charge on any atom is -0.507 e. The maximum atomic E-state index is 11.8. The molecule has 0 saturated heterocycles. The van der Waals surface area contributed by atoms with Crippen molar-refractivity contribution >= 4 is 34.1 Å². The van der Waals surface area contributed by atoms with E-state index in [-0.39, 0.29) is 22.8 Å². The summed E-state index contributed by atoms with van der Waals surface area (Å²) in [5.41, 5.74) is 0.252. The second-order valence-corrected chi connectivity index (χ2v) is 4.86. The van der Waals surface area contributed by atoms with Crippen LogP contribution in [0.2, 0.25) is 0 Å². The maximum Gasteiger partial charge on any atom is 0.220 e. The molecule has 18 heavy (non-hydrogen) atoms. The standard InChI is InChI=1S/C12H14O4S2/c1-3-16-12(17)18-7-11(14)9-5-4-8(15-2)6-10(9)13/h4-6,13H,3,7H2,1-2H3. The first-order chi connectivity index (χ1) is 8.58. The zero-order valence-corrected chi connectivity index (χ0v) is 11.8. The Morgan fingerprint density at radius 1 is 1.50 bits per heavy atom. The molecular formula is C12H14O4S2. The predicted molar refractivity (Wildman–Crippen MR) is 75.7 cm³/mol. The van der Waals surface area contributed by atoms with Gasteiger partial charge in [0.2, 0.25) is 4.38 Å².